The Morgan fingerprint density at radius 3 is 2.92 bits per heavy atom. The highest BCUT2D eigenvalue weighted by Gasteiger charge is 1.97. The molecule has 0 fully saturated rings. The third-order valence-electron chi connectivity index (χ3n) is 1.54. The first kappa shape index (κ1) is 9.82. The van der Waals surface area contributed by atoms with Gasteiger partial charge in [0.15, 0.2) is 0 Å². The molecule has 0 atom stereocenters. The highest BCUT2D eigenvalue weighted by atomic mass is 79.9. The van der Waals surface area contributed by atoms with E-state index < -0.39 is 0 Å². The van der Waals surface area contributed by atoms with Crippen LogP contribution in [0.15, 0.2) is 28.7 Å². The number of nitrogens with zero attached hydrogens (tertiary/aromatic N) is 1. The number of halogens is 1. The second-order valence-electron chi connectivity index (χ2n) is 2.35. The summed E-state index contributed by atoms with van der Waals surface area (Å²) in [6.07, 6.45) is 3.16. The maximum atomic E-state index is 8.36. The van der Waals surface area contributed by atoms with Crippen LogP contribution in [-0.2, 0) is 0 Å². The van der Waals surface area contributed by atoms with Gasteiger partial charge in [-0.2, -0.15) is 5.26 Å². The fraction of sp³-hybridized carbons (Fsp3) is 0.100. The molecule has 1 rings (SSSR count). The summed E-state index contributed by atoms with van der Waals surface area (Å²) in [7, 11) is 1.61. The largest absolute Gasteiger partial charge is 0.497 e. The number of benzene rings is 1. The Balaban J connectivity index is 3.05. The van der Waals surface area contributed by atoms with Crippen LogP contribution in [-0.4, -0.2) is 7.11 Å². The Morgan fingerprint density at radius 1 is 1.54 bits per heavy atom. The van der Waals surface area contributed by atoms with Gasteiger partial charge in [-0.05, 0) is 29.8 Å². The second kappa shape index (κ2) is 4.68. The molecule has 0 aromatic heterocycles. The van der Waals surface area contributed by atoms with E-state index in [-0.39, 0.29) is 0 Å². The van der Waals surface area contributed by atoms with Crippen molar-refractivity contribution < 1.29 is 4.74 Å². The van der Waals surface area contributed by atoms with E-state index in [1.165, 1.54) is 6.08 Å². The van der Waals surface area contributed by atoms with Crippen LogP contribution in [0.3, 0.4) is 0 Å². The molecule has 0 aliphatic rings. The molecule has 0 saturated carbocycles. The second-order valence-corrected chi connectivity index (χ2v) is 3.20. The van der Waals surface area contributed by atoms with Crippen molar-refractivity contribution >= 4 is 22.0 Å². The van der Waals surface area contributed by atoms with Crippen LogP contribution >= 0.6 is 15.9 Å². The molecule has 0 N–H and O–H groups in total. The van der Waals surface area contributed by atoms with E-state index in [1.807, 2.05) is 24.3 Å². The SMILES string of the molecule is COc1ccc(Br)c(C=CC#N)c1. The van der Waals surface area contributed by atoms with Crippen molar-refractivity contribution in [2.75, 3.05) is 7.11 Å². The van der Waals surface area contributed by atoms with Crippen LogP contribution < -0.4 is 4.74 Å². The molecule has 0 saturated heterocycles. The first-order valence-corrected chi connectivity index (χ1v) is 4.47. The molecule has 0 spiro atoms. The van der Waals surface area contributed by atoms with E-state index in [9.17, 15) is 0 Å². The van der Waals surface area contributed by atoms with Crippen molar-refractivity contribution in [3.05, 3.63) is 34.3 Å². The van der Waals surface area contributed by atoms with Gasteiger partial charge in [-0.3, -0.25) is 0 Å². The number of hydrogen-bond donors (Lipinski definition) is 0. The summed E-state index contributed by atoms with van der Waals surface area (Å²) >= 11 is 3.37. The minimum absolute atomic E-state index is 0.779. The Labute approximate surface area is 85.6 Å². The Morgan fingerprint density at radius 2 is 2.31 bits per heavy atom. The molecule has 0 unspecified atom stereocenters. The van der Waals surface area contributed by atoms with E-state index in [0.29, 0.717) is 0 Å². The van der Waals surface area contributed by atoms with Crippen molar-refractivity contribution in [2.24, 2.45) is 0 Å². The lowest BCUT2D eigenvalue weighted by atomic mass is 10.2. The molecule has 66 valence electrons. The van der Waals surface area contributed by atoms with Crippen molar-refractivity contribution in [1.82, 2.24) is 0 Å². The average molecular weight is 238 g/mol. The molecule has 2 nitrogen and oxygen atoms in total. The normalized spacial score (nSPS) is 9.92. The predicted octanol–water partition coefficient (Wildman–Crippen LogP) is 2.99. The number of rotatable bonds is 2. The van der Waals surface area contributed by atoms with Crippen LogP contribution in [0.4, 0.5) is 0 Å². The molecule has 0 aliphatic carbocycles. The van der Waals surface area contributed by atoms with Crippen LogP contribution in [0.1, 0.15) is 5.56 Å². The molecule has 0 amide bonds. The van der Waals surface area contributed by atoms with E-state index in [1.54, 1.807) is 13.2 Å². The van der Waals surface area contributed by atoms with Gasteiger partial charge in [0.05, 0.1) is 13.2 Å². The Bertz CT molecular complexity index is 366. The molecule has 3 heteroatoms. The van der Waals surface area contributed by atoms with Crippen LogP contribution in [0.5, 0.6) is 5.75 Å². The maximum absolute atomic E-state index is 8.36. The molecule has 0 heterocycles. The highest BCUT2D eigenvalue weighted by molar-refractivity contribution is 9.10. The average Bonchev–Trinajstić information content (AvgIpc) is 2.17. The molecule has 1 aromatic carbocycles. The van der Waals surface area contributed by atoms with Gasteiger partial charge >= 0.3 is 0 Å². The van der Waals surface area contributed by atoms with E-state index in [2.05, 4.69) is 15.9 Å². The van der Waals surface area contributed by atoms with Crippen LogP contribution in [0, 0.1) is 11.3 Å². The van der Waals surface area contributed by atoms with Crippen molar-refractivity contribution in [1.29, 1.82) is 5.26 Å². The number of nitriles is 1. The Hall–Kier alpha value is -1.27. The zero-order chi connectivity index (χ0) is 9.68. The topological polar surface area (TPSA) is 33.0 Å². The van der Waals surface area contributed by atoms with Gasteiger partial charge in [-0.1, -0.05) is 15.9 Å². The zero-order valence-corrected chi connectivity index (χ0v) is 8.71. The third kappa shape index (κ3) is 2.60. The zero-order valence-electron chi connectivity index (χ0n) is 7.12. The van der Waals surface area contributed by atoms with Gasteiger partial charge in [-0.25, -0.2) is 0 Å². The van der Waals surface area contributed by atoms with Gasteiger partial charge in [-0.15, -0.1) is 0 Å². The summed E-state index contributed by atoms with van der Waals surface area (Å²) in [5.74, 6) is 0.779. The molecule has 0 aliphatic heterocycles. The number of hydrogen-bond acceptors (Lipinski definition) is 2. The van der Waals surface area contributed by atoms with Crippen LogP contribution in [0.25, 0.3) is 6.08 Å². The maximum Gasteiger partial charge on any atom is 0.119 e. The number of methoxy groups -OCH3 is 1. The van der Waals surface area contributed by atoms with E-state index in [4.69, 9.17) is 10.00 Å². The lowest BCUT2D eigenvalue weighted by Gasteiger charge is -2.02. The molecule has 0 radical (unpaired) electrons. The molecule has 0 bridgehead atoms. The number of ether oxygens (including phenoxy) is 1. The first-order valence-electron chi connectivity index (χ1n) is 3.67. The summed E-state index contributed by atoms with van der Waals surface area (Å²) in [4.78, 5) is 0. The molecule has 13 heavy (non-hydrogen) atoms. The van der Waals surface area contributed by atoms with Crippen molar-refractivity contribution in [3.8, 4) is 11.8 Å². The summed E-state index contributed by atoms with van der Waals surface area (Å²) in [5, 5.41) is 8.36. The van der Waals surface area contributed by atoms with E-state index >= 15 is 0 Å². The quantitative estimate of drug-likeness (QED) is 0.742. The van der Waals surface area contributed by atoms with Gasteiger partial charge in [0, 0.05) is 10.5 Å². The van der Waals surface area contributed by atoms with Crippen molar-refractivity contribution in [2.45, 2.75) is 0 Å². The third-order valence-corrected chi connectivity index (χ3v) is 2.26. The molecule has 1 aromatic rings. The smallest absolute Gasteiger partial charge is 0.119 e. The fourth-order valence-corrected chi connectivity index (χ4v) is 1.28. The van der Waals surface area contributed by atoms with Gasteiger partial charge in [0.1, 0.15) is 5.75 Å². The molecular formula is C10H8BrNO. The highest BCUT2D eigenvalue weighted by Crippen LogP contribution is 2.23. The summed E-state index contributed by atoms with van der Waals surface area (Å²) in [5.41, 5.74) is 0.931. The first-order chi connectivity index (χ1) is 6.27. The molecular weight excluding hydrogens is 230 g/mol. The minimum Gasteiger partial charge on any atom is -0.497 e. The monoisotopic (exact) mass is 237 g/mol. The fourth-order valence-electron chi connectivity index (χ4n) is 0.904. The van der Waals surface area contributed by atoms with E-state index in [0.717, 1.165) is 15.8 Å². The van der Waals surface area contributed by atoms with Crippen LogP contribution in [0.2, 0.25) is 0 Å². The number of allylic oxidation sites excluding steroid dienone is 1. The van der Waals surface area contributed by atoms with Gasteiger partial charge in [0.2, 0.25) is 0 Å². The summed E-state index contributed by atoms with van der Waals surface area (Å²) in [6.45, 7) is 0. The minimum atomic E-state index is 0.779. The van der Waals surface area contributed by atoms with Crippen molar-refractivity contribution in [3.63, 3.8) is 0 Å². The standard InChI is InChI=1S/C10H8BrNO/c1-13-9-4-5-10(11)8(7-9)3-2-6-12/h2-5,7H,1H3. The van der Waals surface area contributed by atoms with Gasteiger partial charge < -0.3 is 4.74 Å². The summed E-state index contributed by atoms with van der Waals surface area (Å²) < 4.78 is 6.00. The Kier molecular flexibility index (Phi) is 3.53. The predicted molar refractivity (Wildman–Crippen MR) is 55.3 cm³/mol. The summed E-state index contributed by atoms with van der Waals surface area (Å²) in [6, 6.07) is 7.54. The lowest BCUT2D eigenvalue weighted by Crippen LogP contribution is -1.83. The lowest BCUT2D eigenvalue weighted by molar-refractivity contribution is 0.414. The van der Waals surface area contributed by atoms with Gasteiger partial charge in [0.25, 0.3) is 0 Å².